The van der Waals surface area contributed by atoms with Crippen LogP contribution >= 0.6 is 11.8 Å². The van der Waals surface area contributed by atoms with Crippen LogP contribution in [0.25, 0.3) is 0 Å². The second-order valence-corrected chi connectivity index (χ2v) is 9.15. The van der Waals surface area contributed by atoms with E-state index in [0.29, 0.717) is 17.7 Å². The number of nitrogens with one attached hydrogen (secondary N) is 1. The van der Waals surface area contributed by atoms with Crippen molar-refractivity contribution in [3.63, 3.8) is 0 Å². The van der Waals surface area contributed by atoms with Crippen LogP contribution in [0.15, 0.2) is 46.2 Å². The largest absolute Gasteiger partial charge is 0.416 e. The van der Waals surface area contributed by atoms with Gasteiger partial charge in [0.25, 0.3) is 0 Å². The lowest BCUT2D eigenvalue weighted by atomic mass is 10.1. The van der Waals surface area contributed by atoms with Crippen molar-refractivity contribution in [3.05, 3.63) is 53.1 Å². The molecule has 0 saturated heterocycles. The molecule has 4 nitrogen and oxygen atoms in total. The molecule has 1 radical (unpaired) electrons. The molecule has 153 valence electrons. The highest BCUT2D eigenvalue weighted by atomic mass is 32.2. The van der Waals surface area contributed by atoms with Crippen molar-refractivity contribution < 1.29 is 26.7 Å². The van der Waals surface area contributed by atoms with E-state index in [0.717, 1.165) is 23.1 Å². The zero-order valence-electron chi connectivity index (χ0n) is 15.5. The Balaban J connectivity index is 2.07. The van der Waals surface area contributed by atoms with Gasteiger partial charge in [-0.3, -0.25) is 5.11 Å². The van der Waals surface area contributed by atoms with Gasteiger partial charge in [-0.15, -0.1) is 11.8 Å². The summed E-state index contributed by atoms with van der Waals surface area (Å²) in [6.45, 7) is 3.59. The van der Waals surface area contributed by atoms with Crippen molar-refractivity contribution in [2.24, 2.45) is 0 Å². The van der Waals surface area contributed by atoms with Crippen molar-refractivity contribution in [3.8, 4) is 5.75 Å². The monoisotopic (exact) mass is 432 g/mol. The highest BCUT2D eigenvalue weighted by molar-refractivity contribution is 7.99. The summed E-state index contributed by atoms with van der Waals surface area (Å²) in [5.41, 5.74) is -0.0960. The minimum absolute atomic E-state index is 0.0594. The van der Waals surface area contributed by atoms with Gasteiger partial charge in [0.1, 0.15) is 0 Å². The summed E-state index contributed by atoms with van der Waals surface area (Å²) in [4.78, 5) is 0.719. The van der Waals surface area contributed by atoms with E-state index in [9.17, 15) is 26.7 Å². The minimum atomic E-state index is -4.52. The first-order valence-electron chi connectivity index (χ1n) is 8.65. The van der Waals surface area contributed by atoms with Crippen LogP contribution in [0.4, 0.5) is 13.2 Å². The molecule has 0 spiro atoms. The van der Waals surface area contributed by atoms with Gasteiger partial charge in [-0.2, -0.15) is 13.2 Å². The summed E-state index contributed by atoms with van der Waals surface area (Å²) in [5, 5.41) is 11.4. The second kappa shape index (κ2) is 9.19. The van der Waals surface area contributed by atoms with Crippen LogP contribution in [0.3, 0.4) is 0 Å². The highest BCUT2D eigenvalue weighted by Gasteiger charge is 2.32. The summed E-state index contributed by atoms with van der Waals surface area (Å²) in [5.74, 6) is 0.358. The van der Waals surface area contributed by atoms with Gasteiger partial charge in [0.2, 0.25) is 10.0 Å². The Morgan fingerprint density at radius 3 is 2.43 bits per heavy atom. The first-order chi connectivity index (χ1) is 13.0. The van der Waals surface area contributed by atoms with Crippen molar-refractivity contribution >= 4 is 21.8 Å². The molecule has 0 unspecified atom stereocenters. The third kappa shape index (κ3) is 5.89. The van der Waals surface area contributed by atoms with Crippen LogP contribution in [0.2, 0.25) is 0 Å². The summed E-state index contributed by atoms with van der Waals surface area (Å²) in [6, 6.07) is 7.57. The quantitative estimate of drug-likeness (QED) is 0.462. The van der Waals surface area contributed by atoms with Gasteiger partial charge < -0.3 is 0 Å². The molecule has 0 bridgehead atoms. The van der Waals surface area contributed by atoms with E-state index in [1.54, 1.807) is 26.0 Å². The Morgan fingerprint density at radius 2 is 1.82 bits per heavy atom. The van der Waals surface area contributed by atoms with Crippen molar-refractivity contribution in [2.45, 2.75) is 42.7 Å². The molecule has 0 heterocycles. The van der Waals surface area contributed by atoms with Gasteiger partial charge in [0.15, 0.2) is 5.75 Å². The van der Waals surface area contributed by atoms with Crippen LogP contribution in [0.1, 0.15) is 30.0 Å². The number of hydrogen-bond donors (Lipinski definition) is 1. The van der Waals surface area contributed by atoms with Crippen LogP contribution in [-0.2, 0) is 27.7 Å². The molecule has 9 heteroatoms. The molecule has 0 saturated carbocycles. The summed E-state index contributed by atoms with van der Waals surface area (Å²) in [6.07, 6.45) is -3.77. The maximum absolute atomic E-state index is 12.9. The fourth-order valence-electron chi connectivity index (χ4n) is 2.62. The smallest absolute Gasteiger partial charge is 0.290 e. The Bertz CT molecular complexity index is 929. The van der Waals surface area contributed by atoms with Crippen molar-refractivity contribution in [2.75, 3.05) is 12.3 Å². The van der Waals surface area contributed by atoms with E-state index in [1.807, 2.05) is 0 Å². The maximum Gasteiger partial charge on any atom is 0.416 e. The first kappa shape index (κ1) is 22.6. The van der Waals surface area contributed by atoms with Gasteiger partial charge in [0, 0.05) is 17.2 Å². The normalized spacial score (nSPS) is 12.3. The lowest BCUT2D eigenvalue weighted by Crippen LogP contribution is -2.27. The third-order valence-corrected chi connectivity index (χ3v) is 6.56. The van der Waals surface area contributed by atoms with Crippen LogP contribution in [-0.4, -0.2) is 20.7 Å². The van der Waals surface area contributed by atoms with E-state index >= 15 is 0 Å². The maximum atomic E-state index is 12.9. The molecule has 0 amide bonds. The molecule has 0 aliphatic rings. The second-order valence-electron chi connectivity index (χ2n) is 6.24. The number of rotatable bonds is 8. The zero-order chi connectivity index (χ0) is 20.9. The van der Waals surface area contributed by atoms with E-state index < -0.39 is 21.8 Å². The van der Waals surface area contributed by atoms with Gasteiger partial charge in [-0.1, -0.05) is 13.3 Å². The fourth-order valence-corrected chi connectivity index (χ4v) is 4.89. The van der Waals surface area contributed by atoms with Gasteiger partial charge in [-0.05, 0) is 60.9 Å². The molecule has 2 aromatic rings. The molecular weight excluding hydrogens is 411 g/mol. The molecule has 2 aromatic carbocycles. The first-order valence-corrected chi connectivity index (χ1v) is 11.1. The number of sulfonamides is 1. The lowest BCUT2D eigenvalue weighted by Gasteiger charge is -2.14. The summed E-state index contributed by atoms with van der Waals surface area (Å²) < 4.78 is 66.3. The van der Waals surface area contributed by atoms with Gasteiger partial charge >= 0.3 is 6.18 Å². The van der Waals surface area contributed by atoms with Crippen molar-refractivity contribution in [1.82, 2.24) is 4.72 Å². The van der Waals surface area contributed by atoms with E-state index in [-0.39, 0.29) is 29.2 Å². The fraction of sp³-hybridized carbons (Fsp3) is 0.368. The Labute approximate surface area is 167 Å². The topological polar surface area (TPSA) is 66.1 Å². The third-order valence-electron chi connectivity index (χ3n) is 4.01. The Kier molecular flexibility index (Phi) is 7.41. The molecule has 0 aliphatic heterocycles. The Morgan fingerprint density at radius 1 is 1.11 bits per heavy atom. The van der Waals surface area contributed by atoms with E-state index in [2.05, 4.69) is 4.72 Å². The van der Waals surface area contributed by atoms with Crippen LogP contribution in [0, 0.1) is 6.92 Å². The van der Waals surface area contributed by atoms with Gasteiger partial charge in [0.05, 0.1) is 10.5 Å². The molecule has 0 atom stereocenters. The SMILES string of the molecule is CCCc1cc(C(F)(F)F)ccc1S(=O)(=O)NCCSc1ccc([O])c(C)c1. The van der Waals surface area contributed by atoms with E-state index in [1.165, 1.54) is 17.8 Å². The standard InChI is InChI=1S/C19H21F3NO3S2/c1-3-4-14-12-15(19(20,21)22)5-8-18(14)28(25,26)23-9-10-27-16-6-7-17(24)13(2)11-16/h5-8,11-12,23H,3-4,9-10H2,1-2H3. The predicted molar refractivity (Wildman–Crippen MR) is 103 cm³/mol. The molecule has 0 aliphatic carbocycles. The zero-order valence-corrected chi connectivity index (χ0v) is 17.1. The lowest BCUT2D eigenvalue weighted by molar-refractivity contribution is -0.137. The molecule has 0 aromatic heterocycles. The minimum Gasteiger partial charge on any atom is -0.290 e. The summed E-state index contributed by atoms with van der Waals surface area (Å²) in [7, 11) is -3.93. The van der Waals surface area contributed by atoms with Gasteiger partial charge in [-0.25, -0.2) is 13.1 Å². The molecule has 0 fully saturated rings. The number of aryl methyl sites for hydroxylation is 2. The number of halogens is 3. The number of thioether (sulfide) groups is 1. The molecule has 28 heavy (non-hydrogen) atoms. The van der Waals surface area contributed by atoms with Crippen LogP contribution < -0.4 is 4.72 Å². The molecule has 2 rings (SSSR count). The average Bonchev–Trinajstić information content (AvgIpc) is 2.61. The average molecular weight is 433 g/mol. The summed E-state index contributed by atoms with van der Waals surface area (Å²) >= 11 is 1.38. The van der Waals surface area contributed by atoms with Crippen molar-refractivity contribution in [1.29, 1.82) is 0 Å². The van der Waals surface area contributed by atoms with Crippen LogP contribution in [0.5, 0.6) is 5.75 Å². The number of alkyl halides is 3. The molecular formula is C19H21F3NO3S2. The van der Waals surface area contributed by atoms with E-state index in [4.69, 9.17) is 0 Å². The Hall–Kier alpha value is -1.71. The number of benzene rings is 2. The number of hydrogen-bond acceptors (Lipinski definition) is 3. The highest BCUT2D eigenvalue weighted by Crippen LogP contribution is 2.32. The molecule has 1 N–H and O–H groups in total. The predicted octanol–water partition coefficient (Wildman–Crippen LogP) is 5.18.